The summed E-state index contributed by atoms with van der Waals surface area (Å²) in [5.41, 5.74) is 5.22. The summed E-state index contributed by atoms with van der Waals surface area (Å²) >= 11 is 0. The van der Waals surface area contributed by atoms with E-state index in [9.17, 15) is 33.6 Å². The lowest BCUT2D eigenvalue weighted by atomic mass is 9.96. The molecule has 1 unspecified atom stereocenters. The maximum Gasteiger partial charge on any atom is 0.405 e. The van der Waals surface area contributed by atoms with Crippen LogP contribution in [0, 0.1) is 0 Å². The summed E-state index contributed by atoms with van der Waals surface area (Å²) in [4.78, 5) is 83.5. The number of nitrogens with two attached hydrogens (primary N) is 1. The molecule has 2 saturated heterocycles. The first-order valence-electron chi connectivity index (χ1n) is 13.3. The fourth-order valence-corrected chi connectivity index (χ4v) is 4.74. The molecule has 2 aliphatic rings. The van der Waals surface area contributed by atoms with Crippen molar-refractivity contribution in [3.05, 3.63) is 0 Å². The standard InChI is InChI=1S/C25H36NO18P/c1-9(27)34-7-15-17(36-11(3)29)19(37-12(4)30)22(24(41-15)44-45)42-23-21(39-14(6)32)20(38-13(5)31)18(43-25(26)33)16(40-23)8-35-10(2)28/h15-24H,7-8,45H2,1-6H3,(H2,26,33)/t15-,16+,17+,18+,19-,20-,21-,22-,23+,24+/m0/s1. The highest BCUT2D eigenvalue weighted by Gasteiger charge is 2.57. The van der Waals surface area contributed by atoms with Crippen LogP contribution in [0.1, 0.15) is 41.5 Å². The Morgan fingerprint density at radius 2 is 0.911 bits per heavy atom. The molecule has 11 atom stereocenters. The van der Waals surface area contributed by atoms with Crippen LogP contribution in [0.5, 0.6) is 0 Å². The maximum atomic E-state index is 12.2. The molecule has 20 heteroatoms. The molecule has 2 rings (SSSR count). The Labute approximate surface area is 259 Å². The molecule has 2 fully saturated rings. The van der Waals surface area contributed by atoms with E-state index in [2.05, 4.69) is 0 Å². The molecule has 254 valence electrons. The number of carbonyl (C=O) groups is 7. The van der Waals surface area contributed by atoms with Gasteiger partial charge in [0.25, 0.3) is 0 Å². The molecule has 45 heavy (non-hydrogen) atoms. The van der Waals surface area contributed by atoms with Gasteiger partial charge in [0.05, 0.1) is 0 Å². The van der Waals surface area contributed by atoms with Crippen LogP contribution in [0.25, 0.3) is 0 Å². The molecule has 0 spiro atoms. The predicted octanol–water partition coefficient (Wildman–Crippen LogP) is -1.05. The van der Waals surface area contributed by atoms with E-state index >= 15 is 0 Å². The minimum atomic E-state index is -1.79. The molecule has 0 aromatic rings. The summed E-state index contributed by atoms with van der Waals surface area (Å²) in [5, 5.41) is 0. The Morgan fingerprint density at radius 3 is 1.31 bits per heavy atom. The Hall–Kier alpha value is -3.64. The molecule has 0 bridgehead atoms. The van der Waals surface area contributed by atoms with Gasteiger partial charge in [-0.2, -0.15) is 0 Å². The van der Waals surface area contributed by atoms with Crippen molar-refractivity contribution in [2.75, 3.05) is 13.2 Å². The van der Waals surface area contributed by atoms with Crippen LogP contribution in [0.4, 0.5) is 4.79 Å². The minimum absolute atomic E-state index is 0.469. The van der Waals surface area contributed by atoms with E-state index in [1.54, 1.807) is 0 Å². The van der Waals surface area contributed by atoms with Crippen LogP contribution in [-0.4, -0.2) is 117 Å². The molecular formula is C25H36NO18P. The van der Waals surface area contributed by atoms with Crippen LogP contribution in [0.15, 0.2) is 0 Å². The summed E-state index contributed by atoms with van der Waals surface area (Å²) in [7, 11) is 1.90. The lowest BCUT2D eigenvalue weighted by molar-refractivity contribution is -0.358. The molecule has 0 radical (unpaired) electrons. The molecule has 0 saturated carbocycles. The van der Waals surface area contributed by atoms with Crippen molar-refractivity contribution in [3.8, 4) is 0 Å². The topological polar surface area (TPSA) is 247 Å². The first-order chi connectivity index (χ1) is 21.0. The lowest BCUT2D eigenvalue weighted by Crippen LogP contribution is -2.67. The third-order valence-corrected chi connectivity index (χ3v) is 6.24. The molecular weight excluding hydrogens is 633 g/mol. The first-order valence-corrected chi connectivity index (χ1v) is 13.7. The maximum absolute atomic E-state index is 12.2. The summed E-state index contributed by atoms with van der Waals surface area (Å²) in [6, 6.07) is 0. The zero-order chi connectivity index (χ0) is 34.0. The van der Waals surface area contributed by atoms with Crippen LogP contribution < -0.4 is 5.73 Å². The average molecular weight is 670 g/mol. The molecule has 0 aliphatic carbocycles. The largest absolute Gasteiger partial charge is 0.463 e. The Balaban J connectivity index is 2.64. The van der Waals surface area contributed by atoms with Gasteiger partial charge in [-0.05, 0) is 0 Å². The molecule has 0 aromatic carbocycles. The fourth-order valence-electron chi connectivity index (χ4n) is 4.52. The Bertz CT molecular complexity index is 1120. The van der Waals surface area contributed by atoms with Gasteiger partial charge in [0.15, 0.2) is 49.2 Å². The van der Waals surface area contributed by atoms with Gasteiger partial charge in [-0.3, -0.25) is 28.8 Å². The molecule has 2 heterocycles. The van der Waals surface area contributed by atoms with Gasteiger partial charge in [-0.25, -0.2) is 4.79 Å². The van der Waals surface area contributed by atoms with Crippen molar-refractivity contribution in [3.63, 3.8) is 0 Å². The summed E-state index contributed by atoms with van der Waals surface area (Å²) in [5.74, 6) is -5.03. The van der Waals surface area contributed by atoms with E-state index in [-0.39, 0.29) is 0 Å². The van der Waals surface area contributed by atoms with E-state index < -0.39 is 117 Å². The van der Waals surface area contributed by atoms with Gasteiger partial charge in [-0.1, -0.05) is 0 Å². The molecule has 2 aliphatic heterocycles. The highest BCUT2D eigenvalue weighted by molar-refractivity contribution is 7.09. The number of hydrogen-bond acceptors (Lipinski definition) is 18. The number of ether oxygens (including phenoxy) is 10. The normalized spacial score (nSPS) is 31.0. The molecule has 2 N–H and O–H groups in total. The molecule has 19 nitrogen and oxygen atoms in total. The number of carbonyl (C=O) groups excluding carboxylic acids is 7. The van der Waals surface area contributed by atoms with Crippen molar-refractivity contribution in [2.24, 2.45) is 5.73 Å². The third-order valence-electron chi connectivity index (χ3n) is 5.97. The number of hydrogen-bond donors (Lipinski definition) is 1. The quantitative estimate of drug-likeness (QED) is 0.148. The van der Waals surface area contributed by atoms with Gasteiger partial charge in [0.1, 0.15) is 25.4 Å². The van der Waals surface area contributed by atoms with Crippen molar-refractivity contribution < 1.29 is 85.5 Å². The lowest BCUT2D eigenvalue weighted by Gasteiger charge is -2.48. The van der Waals surface area contributed by atoms with Crippen LogP contribution >= 0.6 is 9.47 Å². The van der Waals surface area contributed by atoms with Gasteiger partial charge in [0, 0.05) is 51.0 Å². The smallest absolute Gasteiger partial charge is 0.405 e. The fraction of sp³-hybridized carbons (Fsp3) is 0.720. The summed E-state index contributed by atoms with van der Waals surface area (Å²) in [6.45, 7) is 5.26. The second kappa shape index (κ2) is 17.2. The molecule has 0 aromatic heterocycles. The Morgan fingerprint density at radius 1 is 0.533 bits per heavy atom. The van der Waals surface area contributed by atoms with E-state index in [4.69, 9.17) is 57.6 Å². The zero-order valence-electron chi connectivity index (χ0n) is 25.2. The SMILES string of the molecule is CC(=O)OC[C@@H]1O[C@H](OP)[C@@H](O[C@H]2O[C@H](COC(C)=O)[C@@H](OC(N)=O)[C@H](OC(C)=O)[C@@H]2OC(C)=O)[C@@H](OC(C)=O)[C@@H]1OC(C)=O. The Kier molecular flexibility index (Phi) is 14.3. The van der Waals surface area contributed by atoms with Gasteiger partial charge in [0.2, 0.25) is 0 Å². The minimum Gasteiger partial charge on any atom is -0.463 e. The zero-order valence-corrected chi connectivity index (χ0v) is 26.3. The summed E-state index contributed by atoms with van der Waals surface area (Å²) in [6.07, 6.45) is -16.9. The van der Waals surface area contributed by atoms with Crippen molar-refractivity contribution >= 4 is 51.4 Å². The molecule has 1 amide bonds. The number of amides is 1. The second-order valence-corrected chi connectivity index (χ2v) is 9.90. The third kappa shape index (κ3) is 11.3. The van der Waals surface area contributed by atoms with Crippen LogP contribution in [0.2, 0.25) is 0 Å². The van der Waals surface area contributed by atoms with Gasteiger partial charge >= 0.3 is 41.9 Å². The van der Waals surface area contributed by atoms with Crippen molar-refractivity contribution in [1.29, 1.82) is 0 Å². The highest BCUT2D eigenvalue weighted by Crippen LogP contribution is 2.35. The predicted molar refractivity (Wildman–Crippen MR) is 143 cm³/mol. The van der Waals surface area contributed by atoms with E-state index in [0.717, 1.165) is 41.5 Å². The van der Waals surface area contributed by atoms with Crippen molar-refractivity contribution in [2.45, 2.75) is 103 Å². The first kappa shape index (κ1) is 37.5. The number of esters is 6. The van der Waals surface area contributed by atoms with Gasteiger partial charge < -0.3 is 57.6 Å². The van der Waals surface area contributed by atoms with Crippen molar-refractivity contribution in [1.82, 2.24) is 0 Å². The van der Waals surface area contributed by atoms with E-state index in [1.807, 2.05) is 9.47 Å². The highest BCUT2D eigenvalue weighted by atomic mass is 31.0. The number of rotatable bonds is 12. The van der Waals surface area contributed by atoms with Gasteiger partial charge in [-0.15, -0.1) is 0 Å². The van der Waals surface area contributed by atoms with E-state index in [0.29, 0.717) is 0 Å². The van der Waals surface area contributed by atoms with Crippen LogP contribution in [0.3, 0.4) is 0 Å². The summed E-state index contributed by atoms with van der Waals surface area (Å²) < 4.78 is 59.9. The number of primary amides is 1. The second-order valence-electron chi connectivity index (χ2n) is 9.63. The monoisotopic (exact) mass is 669 g/mol. The van der Waals surface area contributed by atoms with E-state index in [1.165, 1.54) is 0 Å². The average Bonchev–Trinajstić information content (AvgIpc) is 2.90. The van der Waals surface area contributed by atoms with Crippen LogP contribution in [-0.2, 0) is 80.7 Å².